The van der Waals surface area contributed by atoms with Gasteiger partial charge in [0.2, 0.25) is 5.91 Å². The number of hydrogen-bond donors (Lipinski definition) is 1. The molecule has 3 aromatic heterocycles. The van der Waals surface area contributed by atoms with Gasteiger partial charge in [-0.25, -0.2) is 4.98 Å². The first-order valence-corrected chi connectivity index (χ1v) is 10.5. The molecule has 1 aliphatic rings. The van der Waals surface area contributed by atoms with E-state index in [0.29, 0.717) is 13.1 Å². The summed E-state index contributed by atoms with van der Waals surface area (Å²) in [6.45, 7) is 6.29. The molecule has 1 atom stereocenters. The van der Waals surface area contributed by atoms with Gasteiger partial charge in [-0.3, -0.25) is 19.7 Å². The fourth-order valence-electron chi connectivity index (χ4n) is 4.02. The molecule has 7 heteroatoms. The second-order valence-electron chi connectivity index (χ2n) is 7.96. The van der Waals surface area contributed by atoms with Crippen LogP contribution in [0.1, 0.15) is 48.4 Å². The molecule has 1 N–H and O–H groups in total. The number of fused-ring (bicyclic) bond motifs is 1. The van der Waals surface area contributed by atoms with Crippen molar-refractivity contribution in [1.82, 2.24) is 29.7 Å². The molecule has 1 amide bonds. The third-order valence-corrected chi connectivity index (χ3v) is 5.52. The normalized spacial score (nSPS) is 16.4. The zero-order chi connectivity index (χ0) is 20.9. The molecule has 156 valence electrons. The molecule has 0 unspecified atom stereocenters. The summed E-state index contributed by atoms with van der Waals surface area (Å²) in [5, 5.41) is 3.15. The van der Waals surface area contributed by atoms with Gasteiger partial charge in [0, 0.05) is 56.9 Å². The lowest BCUT2D eigenvalue weighted by molar-refractivity contribution is -0.127. The van der Waals surface area contributed by atoms with Crippen molar-refractivity contribution >= 4 is 5.91 Å². The van der Waals surface area contributed by atoms with E-state index in [4.69, 9.17) is 0 Å². The van der Waals surface area contributed by atoms with Gasteiger partial charge in [-0.1, -0.05) is 12.1 Å². The molecule has 0 spiro atoms. The summed E-state index contributed by atoms with van der Waals surface area (Å²) in [6, 6.07) is 7.81. The van der Waals surface area contributed by atoms with Gasteiger partial charge >= 0.3 is 0 Å². The highest BCUT2D eigenvalue weighted by Crippen LogP contribution is 2.32. The molecule has 30 heavy (non-hydrogen) atoms. The highest BCUT2D eigenvalue weighted by Gasteiger charge is 2.36. The van der Waals surface area contributed by atoms with E-state index in [-0.39, 0.29) is 18.0 Å². The zero-order valence-electron chi connectivity index (χ0n) is 17.5. The Bertz CT molecular complexity index is 970. The third-order valence-electron chi connectivity index (χ3n) is 5.52. The quantitative estimate of drug-likeness (QED) is 0.655. The van der Waals surface area contributed by atoms with E-state index in [1.54, 1.807) is 12.4 Å². The summed E-state index contributed by atoms with van der Waals surface area (Å²) in [6.07, 6.45) is 10.7. The first kappa shape index (κ1) is 20.2. The van der Waals surface area contributed by atoms with Crippen LogP contribution in [0.5, 0.6) is 0 Å². The number of rotatable bonds is 7. The van der Waals surface area contributed by atoms with Gasteiger partial charge in [-0.15, -0.1) is 0 Å². The Balaban J connectivity index is 1.56. The number of carbonyl (C=O) groups excluding carboxylic acids is 1. The Morgan fingerprint density at radius 3 is 2.57 bits per heavy atom. The molecule has 4 rings (SSSR count). The summed E-state index contributed by atoms with van der Waals surface area (Å²) in [5.74, 6) is 0.0196. The summed E-state index contributed by atoms with van der Waals surface area (Å²) in [5.41, 5.74) is 4.25. The number of carbonyl (C=O) groups is 1. The van der Waals surface area contributed by atoms with Crippen LogP contribution in [0.3, 0.4) is 0 Å². The largest absolute Gasteiger partial charge is 0.354 e. The number of hydrogen-bond acceptors (Lipinski definition) is 5. The second-order valence-corrected chi connectivity index (χ2v) is 7.96. The van der Waals surface area contributed by atoms with Crippen LogP contribution in [0.4, 0.5) is 0 Å². The highest BCUT2D eigenvalue weighted by atomic mass is 16.2. The smallest absolute Gasteiger partial charge is 0.243 e. The van der Waals surface area contributed by atoms with Crippen LogP contribution in [-0.2, 0) is 24.2 Å². The molecule has 0 saturated carbocycles. The van der Waals surface area contributed by atoms with Gasteiger partial charge in [-0.05, 0) is 43.5 Å². The predicted octanol–water partition coefficient (Wildman–Crippen LogP) is 2.71. The predicted molar refractivity (Wildman–Crippen MR) is 115 cm³/mol. The van der Waals surface area contributed by atoms with Gasteiger partial charge in [0.25, 0.3) is 0 Å². The first-order valence-electron chi connectivity index (χ1n) is 10.5. The molecule has 0 saturated heterocycles. The van der Waals surface area contributed by atoms with Crippen LogP contribution in [0.2, 0.25) is 0 Å². The average Bonchev–Trinajstić information content (AvgIpc) is 3.19. The van der Waals surface area contributed by atoms with E-state index in [9.17, 15) is 4.79 Å². The Hall–Kier alpha value is -3.06. The Morgan fingerprint density at radius 2 is 1.90 bits per heavy atom. The topological polar surface area (TPSA) is 75.9 Å². The molecule has 1 aliphatic heterocycles. The van der Waals surface area contributed by atoms with Gasteiger partial charge in [0.15, 0.2) is 0 Å². The third kappa shape index (κ3) is 4.41. The van der Waals surface area contributed by atoms with Crippen molar-refractivity contribution in [3.8, 4) is 0 Å². The minimum Gasteiger partial charge on any atom is -0.354 e. The van der Waals surface area contributed by atoms with Crippen LogP contribution >= 0.6 is 0 Å². The molecule has 0 fully saturated rings. The Morgan fingerprint density at radius 1 is 1.17 bits per heavy atom. The number of imidazole rings is 1. The van der Waals surface area contributed by atoms with E-state index in [1.165, 1.54) is 0 Å². The van der Waals surface area contributed by atoms with E-state index in [0.717, 1.165) is 41.9 Å². The maximum atomic E-state index is 13.4. The minimum atomic E-state index is -0.368. The molecule has 0 aliphatic carbocycles. The summed E-state index contributed by atoms with van der Waals surface area (Å²) >= 11 is 0. The van der Waals surface area contributed by atoms with E-state index < -0.39 is 0 Å². The molecule has 4 heterocycles. The summed E-state index contributed by atoms with van der Waals surface area (Å²) < 4.78 is 2.14. The fourth-order valence-corrected chi connectivity index (χ4v) is 4.02. The lowest BCUT2D eigenvalue weighted by atomic mass is 10.00. The van der Waals surface area contributed by atoms with Gasteiger partial charge in [0.05, 0.1) is 17.7 Å². The number of aromatic nitrogens is 4. The monoisotopic (exact) mass is 404 g/mol. The standard InChI is InChI=1S/C23H28N6O/c1-17(2)29-16-27-20-8-12-28(15-19-6-4-10-25-14-19)22(21(20)29)23(30)26-11-7-18-5-3-9-24-13-18/h3-6,9-10,13-14,16-17,22H,7-8,11-12,15H2,1-2H3,(H,26,30)/t22-/m1/s1. The van der Waals surface area contributed by atoms with Crippen molar-refractivity contribution in [2.75, 3.05) is 13.1 Å². The Labute approximate surface area is 177 Å². The highest BCUT2D eigenvalue weighted by molar-refractivity contribution is 5.83. The molecular weight excluding hydrogens is 376 g/mol. The summed E-state index contributed by atoms with van der Waals surface area (Å²) in [4.78, 5) is 28.6. The zero-order valence-corrected chi connectivity index (χ0v) is 17.5. The van der Waals surface area contributed by atoms with Crippen molar-refractivity contribution in [1.29, 1.82) is 0 Å². The van der Waals surface area contributed by atoms with Crippen molar-refractivity contribution in [2.24, 2.45) is 0 Å². The van der Waals surface area contributed by atoms with Crippen LogP contribution in [0.15, 0.2) is 55.4 Å². The minimum absolute atomic E-state index is 0.0196. The van der Waals surface area contributed by atoms with Crippen molar-refractivity contribution < 1.29 is 4.79 Å². The number of amides is 1. The lowest BCUT2D eigenvalue weighted by Gasteiger charge is -2.35. The molecule has 3 aromatic rings. The number of nitrogens with one attached hydrogen (secondary N) is 1. The van der Waals surface area contributed by atoms with Crippen LogP contribution < -0.4 is 5.32 Å². The summed E-state index contributed by atoms with van der Waals surface area (Å²) in [7, 11) is 0. The van der Waals surface area contributed by atoms with Crippen molar-refractivity contribution in [3.05, 3.63) is 77.9 Å². The van der Waals surface area contributed by atoms with Gasteiger partial charge < -0.3 is 9.88 Å². The molecule has 0 aromatic carbocycles. The number of pyridine rings is 2. The van der Waals surface area contributed by atoms with Gasteiger partial charge in [-0.2, -0.15) is 0 Å². The molecular formula is C23H28N6O. The maximum Gasteiger partial charge on any atom is 0.243 e. The number of nitrogens with zero attached hydrogens (tertiary/aromatic N) is 5. The lowest BCUT2D eigenvalue weighted by Crippen LogP contribution is -2.45. The van der Waals surface area contributed by atoms with E-state index in [2.05, 4.69) is 49.6 Å². The second kappa shape index (κ2) is 9.17. The fraction of sp³-hybridized carbons (Fsp3) is 0.391. The van der Waals surface area contributed by atoms with Crippen molar-refractivity contribution in [3.63, 3.8) is 0 Å². The molecule has 7 nitrogen and oxygen atoms in total. The van der Waals surface area contributed by atoms with E-state index in [1.807, 2.05) is 36.9 Å². The molecule has 0 bridgehead atoms. The SMILES string of the molecule is CC(C)n1cnc2c1[C@H](C(=O)NCCc1cccnc1)N(Cc1cccnc1)CC2. The van der Waals surface area contributed by atoms with Gasteiger partial charge in [0.1, 0.15) is 6.04 Å². The van der Waals surface area contributed by atoms with E-state index >= 15 is 0 Å². The van der Waals surface area contributed by atoms with Crippen LogP contribution in [0, 0.1) is 0 Å². The molecule has 0 radical (unpaired) electrons. The van der Waals surface area contributed by atoms with Crippen molar-refractivity contribution in [2.45, 2.75) is 45.3 Å². The Kier molecular flexibility index (Phi) is 6.18. The maximum absolute atomic E-state index is 13.4. The average molecular weight is 405 g/mol. The van der Waals surface area contributed by atoms with Crippen LogP contribution in [0.25, 0.3) is 0 Å². The first-order chi connectivity index (χ1) is 14.6. The van der Waals surface area contributed by atoms with Crippen LogP contribution in [-0.4, -0.2) is 43.4 Å².